The predicted octanol–water partition coefficient (Wildman–Crippen LogP) is 2.61. The van der Waals surface area contributed by atoms with Crippen molar-refractivity contribution in [2.75, 3.05) is 0 Å². The minimum atomic E-state index is 0.208. The van der Waals surface area contributed by atoms with Crippen LogP contribution in [0, 0.1) is 0 Å². The second kappa shape index (κ2) is 3.75. The van der Waals surface area contributed by atoms with Gasteiger partial charge in [0.2, 0.25) is 0 Å². The van der Waals surface area contributed by atoms with Crippen LogP contribution in [0.2, 0.25) is 0 Å². The molecule has 0 fully saturated rings. The van der Waals surface area contributed by atoms with E-state index < -0.39 is 0 Å². The Hall–Kier alpha value is -1.42. The number of hydrogen-bond donors (Lipinski definition) is 1. The third-order valence-electron chi connectivity index (χ3n) is 1.80. The summed E-state index contributed by atoms with van der Waals surface area (Å²) in [5, 5.41) is 17.3. The molecule has 0 saturated carbocycles. The highest BCUT2D eigenvalue weighted by molar-refractivity contribution is 9.10. The Morgan fingerprint density at radius 1 is 1.21 bits per heavy atom. The van der Waals surface area contributed by atoms with Crippen molar-refractivity contribution in [2.45, 2.75) is 0 Å². The molecule has 1 aromatic carbocycles. The molecule has 0 amide bonds. The summed E-state index contributed by atoms with van der Waals surface area (Å²) in [5.74, 6) is 0.208. The van der Waals surface area contributed by atoms with Crippen LogP contribution in [0.4, 0.5) is 0 Å². The van der Waals surface area contributed by atoms with E-state index in [2.05, 4.69) is 26.1 Å². The van der Waals surface area contributed by atoms with Gasteiger partial charge in [-0.2, -0.15) is 10.2 Å². The average molecular weight is 251 g/mol. The van der Waals surface area contributed by atoms with E-state index in [9.17, 15) is 5.11 Å². The van der Waals surface area contributed by atoms with E-state index in [1.807, 2.05) is 12.1 Å². The summed E-state index contributed by atoms with van der Waals surface area (Å²) in [7, 11) is 0. The van der Waals surface area contributed by atoms with Gasteiger partial charge in [0, 0.05) is 10.0 Å². The SMILES string of the molecule is Oc1ccccc1-c1cc(Br)cnn1. The highest BCUT2D eigenvalue weighted by Crippen LogP contribution is 2.27. The molecule has 0 unspecified atom stereocenters. The van der Waals surface area contributed by atoms with E-state index in [4.69, 9.17) is 0 Å². The lowest BCUT2D eigenvalue weighted by Gasteiger charge is -2.02. The zero-order valence-corrected chi connectivity index (χ0v) is 8.77. The fraction of sp³-hybridized carbons (Fsp3) is 0. The van der Waals surface area contributed by atoms with Gasteiger partial charge in [-0.3, -0.25) is 0 Å². The lowest BCUT2D eigenvalue weighted by Crippen LogP contribution is -1.86. The van der Waals surface area contributed by atoms with Crippen molar-refractivity contribution in [1.82, 2.24) is 10.2 Å². The van der Waals surface area contributed by atoms with Gasteiger partial charge in [0.05, 0.1) is 11.9 Å². The Kier molecular flexibility index (Phi) is 2.45. The molecular weight excluding hydrogens is 244 g/mol. The number of aromatic nitrogens is 2. The molecule has 2 rings (SSSR count). The van der Waals surface area contributed by atoms with Crippen LogP contribution in [-0.2, 0) is 0 Å². The first-order chi connectivity index (χ1) is 6.77. The number of phenols is 1. The second-order valence-corrected chi connectivity index (χ2v) is 3.69. The normalized spacial score (nSPS) is 10.1. The van der Waals surface area contributed by atoms with Crippen molar-refractivity contribution in [1.29, 1.82) is 0 Å². The number of halogens is 1. The van der Waals surface area contributed by atoms with E-state index in [0.29, 0.717) is 11.3 Å². The third kappa shape index (κ3) is 1.75. The summed E-state index contributed by atoms with van der Waals surface area (Å²) in [6.07, 6.45) is 1.60. The largest absolute Gasteiger partial charge is 0.507 e. The van der Waals surface area contributed by atoms with Gasteiger partial charge >= 0.3 is 0 Å². The van der Waals surface area contributed by atoms with Crippen LogP contribution in [-0.4, -0.2) is 15.3 Å². The summed E-state index contributed by atoms with van der Waals surface area (Å²) in [4.78, 5) is 0. The molecule has 0 radical (unpaired) electrons. The Morgan fingerprint density at radius 2 is 2.00 bits per heavy atom. The monoisotopic (exact) mass is 250 g/mol. The fourth-order valence-corrected chi connectivity index (χ4v) is 1.47. The minimum absolute atomic E-state index is 0.208. The second-order valence-electron chi connectivity index (χ2n) is 2.78. The standard InChI is InChI=1S/C10H7BrN2O/c11-7-5-9(13-12-6-7)8-3-1-2-4-10(8)14/h1-6,14H. The number of hydrogen-bond acceptors (Lipinski definition) is 3. The number of aromatic hydroxyl groups is 1. The third-order valence-corrected chi connectivity index (χ3v) is 2.23. The molecule has 2 aromatic rings. The molecule has 0 aliphatic carbocycles. The maximum absolute atomic E-state index is 9.57. The van der Waals surface area contributed by atoms with Gasteiger partial charge in [-0.25, -0.2) is 0 Å². The van der Waals surface area contributed by atoms with Gasteiger partial charge in [-0.15, -0.1) is 0 Å². The van der Waals surface area contributed by atoms with Gasteiger partial charge in [0.1, 0.15) is 5.75 Å². The van der Waals surface area contributed by atoms with E-state index in [1.165, 1.54) is 0 Å². The number of para-hydroxylation sites is 1. The molecule has 70 valence electrons. The number of benzene rings is 1. The topological polar surface area (TPSA) is 46.0 Å². The molecule has 4 heteroatoms. The van der Waals surface area contributed by atoms with Crippen LogP contribution < -0.4 is 0 Å². The van der Waals surface area contributed by atoms with Crippen LogP contribution in [0.15, 0.2) is 41.0 Å². The number of phenolic OH excluding ortho intramolecular Hbond substituents is 1. The minimum Gasteiger partial charge on any atom is -0.507 e. The van der Waals surface area contributed by atoms with Gasteiger partial charge in [-0.05, 0) is 34.1 Å². The first-order valence-corrected chi connectivity index (χ1v) is 4.83. The molecule has 0 aliphatic rings. The van der Waals surface area contributed by atoms with Crippen LogP contribution >= 0.6 is 15.9 Å². The van der Waals surface area contributed by atoms with Crippen LogP contribution in [0.3, 0.4) is 0 Å². The molecule has 0 spiro atoms. The molecular formula is C10H7BrN2O. The van der Waals surface area contributed by atoms with Crippen LogP contribution in [0.1, 0.15) is 0 Å². The lowest BCUT2D eigenvalue weighted by atomic mass is 10.1. The number of nitrogens with zero attached hydrogens (tertiary/aromatic N) is 2. The summed E-state index contributed by atoms with van der Waals surface area (Å²) < 4.78 is 0.839. The molecule has 1 N–H and O–H groups in total. The zero-order chi connectivity index (χ0) is 9.97. The quantitative estimate of drug-likeness (QED) is 0.847. The Bertz CT molecular complexity index is 459. The first kappa shape index (κ1) is 9.15. The summed E-state index contributed by atoms with van der Waals surface area (Å²) in [5.41, 5.74) is 1.33. The first-order valence-electron chi connectivity index (χ1n) is 4.04. The van der Waals surface area contributed by atoms with Crippen molar-refractivity contribution in [3.8, 4) is 17.0 Å². The molecule has 0 atom stereocenters. The molecule has 14 heavy (non-hydrogen) atoms. The van der Waals surface area contributed by atoms with Gasteiger partial charge in [0.25, 0.3) is 0 Å². The smallest absolute Gasteiger partial charge is 0.125 e. The van der Waals surface area contributed by atoms with Gasteiger partial charge < -0.3 is 5.11 Å². The van der Waals surface area contributed by atoms with E-state index in [0.717, 1.165) is 4.47 Å². The maximum atomic E-state index is 9.57. The molecule has 1 aromatic heterocycles. The lowest BCUT2D eigenvalue weighted by molar-refractivity contribution is 0.477. The van der Waals surface area contributed by atoms with Crippen molar-refractivity contribution in [3.05, 3.63) is 41.0 Å². The number of rotatable bonds is 1. The maximum Gasteiger partial charge on any atom is 0.125 e. The zero-order valence-electron chi connectivity index (χ0n) is 7.18. The van der Waals surface area contributed by atoms with Crippen LogP contribution in [0.5, 0.6) is 5.75 Å². The van der Waals surface area contributed by atoms with Crippen molar-refractivity contribution in [2.24, 2.45) is 0 Å². The van der Waals surface area contributed by atoms with E-state index in [-0.39, 0.29) is 5.75 Å². The van der Waals surface area contributed by atoms with E-state index in [1.54, 1.807) is 24.4 Å². The molecule has 0 bridgehead atoms. The van der Waals surface area contributed by atoms with E-state index >= 15 is 0 Å². The van der Waals surface area contributed by atoms with Crippen molar-refractivity contribution >= 4 is 15.9 Å². The molecule has 1 heterocycles. The van der Waals surface area contributed by atoms with Crippen molar-refractivity contribution in [3.63, 3.8) is 0 Å². The fourth-order valence-electron chi connectivity index (χ4n) is 1.16. The Balaban J connectivity index is 2.55. The Morgan fingerprint density at radius 3 is 2.71 bits per heavy atom. The Labute approximate surface area is 89.6 Å². The van der Waals surface area contributed by atoms with Crippen molar-refractivity contribution < 1.29 is 5.11 Å². The highest BCUT2D eigenvalue weighted by Gasteiger charge is 2.04. The average Bonchev–Trinajstić information content (AvgIpc) is 2.18. The van der Waals surface area contributed by atoms with Gasteiger partial charge in [0.15, 0.2) is 0 Å². The summed E-state index contributed by atoms with van der Waals surface area (Å²) >= 11 is 3.30. The van der Waals surface area contributed by atoms with Crippen LogP contribution in [0.25, 0.3) is 11.3 Å². The molecule has 0 aliphatic heterocycles. The summed E-state index contributed by atoms with van der Waals surface area (Å²) in [6, 6.07) is 8.84. The molecule has 0 saturated heterocycles. The molecule has 3 nitrogen and oxygen atoms in total. The predicted molar refractivity (Wildman–Crippen MR) is 56.8 cm³/mol. The summed E-state index contributed by atoms with van der Waals surface area (Å²) in [6.45, 7) is 0. The highest BCUT2D eigenvalue weighted by atomic mass is 79.9. The van der Waals surface area contributed by atoms with Gasteiger partial charge in [-0.1, -0.05) is 12.1 Å².